The van der Waals surface area contributed by atoms with Crippen LogP contribution in [0.25, 0.3) is 0 Å². The molecular weight excluding hydrogens is 480 g/mol. The molecule has 0 spiro atoms. The Hall–Kier alpha value is -3.27. The molecular formula is C35H48N2O2. The van der Waals surface area contributed by atoms with Gasteiger partial charge in [-0.3, -0.25) is 4.79 Å². The number of nitrogens with one attached hydrogen (secondary N) is 1. The van der Waals surface area contributed by atoms with Crippen molar-refractivity contribution in [3.05, 3.63) is 83.4 Å². The minimum absolute atomic E-state index is 0.137. The first-order chi connectivity index (χ1) is 18.4. The van der Waals surface area contributed by atoms with Gasteiger partial charge in [-0.25, -0.2) is 0 Å². The van der Waals surface area contributed by atoms with E-state index in [1.165, 1.54) is 12.8 Å². The van der Waals surface area contributed by atoms with E-state index in [-0.39, 0.29) is 16.7 Å². The van der Waals surface area contributed by atoms with Crippen LogP contribution in [0, 0.1) is 0 Å². The van der Waals surface area contributed by atoms with Crippen molar-refractivity contribution in [3.8, 4) is 5.75 Å². The zero-order chi connectivity index (χ0) is 28.6. The second kappa shape index (κ2) is 13.2. The molecule has 0 fully saturated rings. The standard InChI is InChI=1S/C35H48N2O2/c1-8-9-10-14-23-37(29-20-18-28(19-21-29)36-27-15-12-11-13-16-27)32(38)22-17-26-24-30(34(2,3)4)33(39)31(25-26)35(5,6)7/h11-13,15-16,18-21,24-25,36,39H,8-10,14,17,22-23H2,1-7H3. The molecule has 0 saturated carbocycles. The zero-order valence-electron chi connectivity index (χ0n) is 25.1. The number of amides is 1. The Morgan fingerprint density at radius 1 is 0.795 bits per heavy atom. The van der Waals surface area contributed by atoms with E-state index >= 15 is 0 Å². The van der Waals surface area contributed by atoms with Crippen molar-refractivity contribution < 1.29 is 9.90 Å². The Balaban J connectivity index is 1.80. The molecule has 2 N–H and O–H groups in total. The molecule has 4 heteroatoms. The van der Waals surface area contributed by atoms with Gasteiger partial charge in [0.1, 0.15) is 5.75 Å². The number of rotatable bonds is 11. The number of unbranched alkanes of at least 4 members (excludes halogenated alkanes) is 3. The molecule has 3 aromatic rings. The van der Waals surface area contributed by atoms with Crippen molar-refractivity contribution in [3.63, 3.8) is 0 Å². The molecule has 3 rings (SSSR count). The number of hydrogen-bond donors (Lipinski definition) is 2. The van der Waals surface area contributed by atoms with E-state index in [1.807, 2.05) is 59.5 Å². The predicted molar refractivity (Wildman–Crippen MR) is 166 cm³/mol. The highest BCUT2D eigenvalue weighted by atomic mass is 16.3. The summed E-state index contributed by atoms with van der Waals surface area (Å²) in [7, 11) is 0. The number of benzene rings is 3. The highest BCUT2D eigenvalue weighted by molar-refractivity contribution is 5.93. The number of hydrogen-bond acceptors (Lipinski definition) is 3. The highest BCUT2D eigenvalue weighted by Crippen LogP contribution is 2.40. The van der Waals surface area contributed by atoms with Crippen molar-refractivity contribution in [1.82, 2.24) is 0 Å². The summed E-state index contributed by atoms with van der Waals surface area (Å²) < 4.78 is 0. The average molecular weight is 529 g/mol. The summed E-state index contributed by atoms with van der Waals surface area (Å²) in [5.74, 6) is 0.518. The second-order valence-corrected chi connectivity index (χ2v) is 12.7. The maximum atomic E-state index is 13.6. The summed E-state index contributed by atoms with van der Waals surface area (Å²) in [6.45, 7) is 15.7. The van der Waals surface area contributed by atoms with Crippen LogP contribution in [0.3, 0.4) is 0 Å². The molecule has 0 saturated heterocycles. The van der Waals surface area contributed by atoms with Gasteiger partial charge < -0.3 is 15.3 Å². The summed E-state index contributed by atoms with van der Waals surface area (Å²) in [4.78, 5) is 15.6. The Labute approximate surface area is 236 Å². The average Bonchev–Trinajstić information content (AvgIpc) is 2.88. The van der Waals surface area contributed by atoms with Crippen molar-refractivity contribution in [2.45, 2.75) is 97.8 Å². The number of anilines is 3. The molecule has 3 aromatic carbocycles. The van der Waals surface area contributed by atoms with Gasteiger partial charge in [0.2, 0.25) is 5.91 Å². The van der Waals surface area contributed by atoms with Crippen LogP contribution in [0.1, 0.15) is 97.3 Å². The molecule has 4 nitrogen and oxygen atoms in total. The fourth-order valence-electron chi connectivity index (χ4n) is 4.88. The first kappa shape index (κ1) is 30.3. The predicted octanol–water partition coefficient (Wildman–Crippen LogP) is 9.28. The van der Waals surface area contributed by atoms with E-state index in [0.29, 0.717) is 18.6 Å². The van der Waals surface area contributed by atoms with Gasteiger partial charge in [0.25, 0.3) is 0 Å². The Kier molecular flexibility index (Phi) is 10.2. The number of carbonyl (C=O) groups is 1. The Morgan fingerprint density at radius 3 is 1.90 bits per heavy atom. The van der Waals surface area contributed by atoms with Crippen LogP contribution in [0.2, 0.25) is 0 Å². The lowest BCUT2D eigenvalue weighted by molar-refractivity contribution is -0.118. The van der Waals surface area contributed by atoms with Crippen LogP contribution in [-0.2, 0) is 22.0 Å². The topological polar surface area (TPSA) is 52.6 Å². The number of phenolic OH excluding ortho intramolecular Hbond substituents is 1. The summed E-state index contributed by atoms with van der Waals surface area (Å²) in [5, 5.41) is 14.5. The van der Waals surface area contributed by atoms with E-state index in [9.17, 15) is 9.90 Å². The maximum absolute atomic E-state index is 13.6. The number of phenols is 1. The van der Waals surface area contributed by atoms with E-state index in [1.54, 1.807) is 0 Å². The molecule has 0 aliphatic heterocycles. The van der Waals surface area contributed by atoms with Crippen molar-refractivity contribution in [2.75, 3.05) is 16.8 Å². The van der Waals surface area contributed by atoms with Crippen LogP contribution in [-0.4, -0.2) is 17.6 Å². The Bertz CT molecular complexity index is 1170. The highest BCUT2D eigenvalue weighted by Gasteiger charge is 2.27. The third kappa shape index (κ3) is 8.61. The Morgan fingerprint density at radius 2 is 1.36 bits per heavy atom. The molecule has 0 bridgehead atoms. The third-order valence-electron chi connectivity index (χ3n) is 7.19. The minimum atomic E-state index is -0.190. The first-order valence-corrected chi connectivity index (χ1v) is 14.5. The van der Waals surface area contributed by atoms with Crippen LogP contribution >= 0.6 is 0 Å². The molecule has 39 heavy (non-hydrogen) atoms. The third-order valence-corrected chi connectivity index (χ3v) is 7.19. The van der Waals surface area contributed by atoms with Gasteiger partial charge in [-0.1, -0.05) is 98.1 Å². The molecule has 0 radical (unpaired) electrons. The molecule has 1 amide bonds. The molecule has 0 heterocycles. The van der Waals surface area contributed by atoms with Gasteiger partial charge in [-0.2, -0.15) is 0 Å². The van der Waals surface area contributed by atoms with Crippen molar-refractivity contribution >= 4 is 23.0 Å². The smallest absolute Gasteiger partial charge is 0.227 e. The normalized spacial score (nSPS) is 11.9. The molecule has 210 valence electrons. The van der Waals surface area contributed by atoms with Gasteiger partial charge in [-0.15, -0.1) is 0 Å². The molecule has 0 aliphatic carbocycles. The van der Waals surface area contributed by atoms with Crippen molar-refractivity contribution in [2.24, 2.45) is 0 Å². The second-order valence-electron chi connectivity index (χ2n) is 12.7. The SMILES string of the molecule is CCCCCCN(C(=O)CCc1cc(C(C)(C)C)c(O)c(C(C)(C)C)c1)c1ccc(Nc2ccccc2)cc1. The minimum Gasteiger partial charge on any atom is -0.507 e. The summed E-state index contributed by atoms with van der Waals surface area (Å²) in [6, 6.07) is 22.4. The summed E-state index contributed by atoms with van der Waals surface area (Å²) in [6.07, 6.45) is 5.53. The number of para-hydroxylation sites is 1. The lowest BCUT2D eigenvalue weighted by Gasteiger charge is -2.28. The van der Waals surface area contributed by atoms with E-state index < -0.39 is 0 Å². The lowest BCUT2D eigenvalue weighted by atomic mass is 9.78. The monoisotopic (exact) mass is 528 g/mol. The van der Waals surface area contributed by atoms with Gasteiger partial charge in [0.05, 0.1) is 0 Å². The summed E-state index contributed by atoms with van der Waals surface area (Å²) in [5.41, 5.74) is 5.57. The van der Waals surface area contributed by atoms with Crippen LogP contribution in [0.5, 0.6) is 5.75 Å². The quantitative estimate of drug-likeness (QED) is 0.244. The van der Waals surface area contributed by atoms with Crippen LogP contribution < -0.4 is 10.2 Å². The van der Waals surface area contributed by atoms with Gasteiger partial charge in [0, 0.05) is 30.0 Å². The molecule has 0 atom stereocenters. The number of nitrogens with zero attached hydrogens (tertiary/aromatic N) is 1. The molecule has 0 aliphatic rings. The first-order valence-electron chi connectivity index (χ1n) is 14.5. The molecule has 0 aromatic heterocycles. The van der Waals surface area contributed by atoms with E-state index in [4.69, 9.17) is 0 Å². The van der Waals surface area contributed by atoms with Gasteiger partial charge in [0.15, 0.2) is 0 Å². The van der Waals surface area contributed by atoms with Crippen molar-refractivity contribution in [1.29, 1.82) is 0 Å². The zero-order valence-corrected chi connectivity index (χ0v) is 25.1. The fraction of sp³-hybridized carbons (Fsp3) is 0.457. The number of aryl methyl sites for hydroxylation is 1. The van der Waals surface area contributed by atoms with Gasteiger partial charge in [-0.05, 0) is 76.8 Å². The fourth-order valence-corrected chi connectivity index (χ4v) is 4.88. The largest absolute Gasteiger partial charge is 0.507 e. The lowest BCUT2D eigenvalue weighted by Crippen LogP contribution is -2.32. The summed E-state index contributed by atoms with van der Waals surface area (Å²) >= 11 is 0. The number of aromatic hydroxyl groups is 1. The van der Waals surface area contributed by atoms with Gasteiger partial charge >= 0.3 is 0 Å². The molecule has 0 unspecified atom stereocenters. The number of carbonyl (C=O) groups excluding carboxylic acids is 1. The maximum Gasteiger partial charge on any atom is 0.227 e. The van der Waals surface area contributed by atoms with Crippen LogP contribution in [0.15, 0.2) is 66.7 Å². The van der Waals surface area contributed by atoms with E-state index in [2.05, 4.69) is 65.9 Å². The van der Waals surface area contributed by atoms with Crippen LogP contribution in [0.4, 0.5) is 17.1 Å². The van der Waals surface area contributed by atoms with E-state index in [0.717, 1.165) is 53.1 Å².